The van der Waals surface area contributed by atoms with Gasteiger partial charge in [-0.3, -0.25) is 4.79 Å². The summed E-state index contributed by atoms with van der Waals surface area (Å²) in [5, 5.41) is 0. The van der Waals surface area contributed by atoms with E-state index >= 15 is 0 Å². The number of rotatable bonds is 8. The first kappa shape index (κ1) is 14.0. The van der Waals surface area contributed by atoms with E-state index in [-0.39, 0.29) is 11.5 Å². The Morgan fingerprint density at radius 1 is 1.36 bits per heavy atom. The SMILES string of the molecule is CCCSCC(=O)CCCS(C)(=O)=O. The molecule has 0 aliphatic rings. The van der Waals surface area contributed by atoms with E-state index in [1.165, 1.54) is 6.26 Å². The highest BCUT2D eigenvalue weighted by molar-refractivity contribution is 7.99. The van der Waals surface area contributed by atoms with Crippen molar-refractivity contribution in [3.63, 3.8) is 0 Å². The van der Waals surface area contributed by atoms with E-state index in [1.807, 2.05) is 0 Å². The van der Waals surface area contributed by atoms with E-state index < -0.39 is 9.84 Å². The van der Waals surface area contributed by atoms with Gasteiger partial charge in [-0.15, -0.1) is 0 Å². The molecule has 0 aromatic carbocycles. The Kier molecular flexibility index (Phi) is 7.27. The molecule has 0 saturated heterocycles. The summed E-state index contributed by atoms with van der Waals surface area (Å²) in [6, 6.07) is 0. The molecule has 0 aromatic heterocycles. The fourth-order valence-electron chi connectivity index (χ4n) is 0.934. The van der Waals surface area contributed by atoms with Crippen molar-refractivity contribution >= 4 is 27.4 Å². The Morgan fingerprint density at radius 3 is 2.50 bits per heavy atom. The van der Waals surface area contributed by atoms with Crippen LogP contribution in [0.3, 0.4) is 0 Å². The highest BCUT2D eigenvalue weighted by Crippen LogP contribution is 2.05. The minimum atomic E-state index is -2.90. The first-order valence-electron chi connectivity index (χ1n) is 4.73. The number of hydrogen-bond acceptors (Lipinski definition) is 4. The van der Waals surface area contributed by atoms with Gasteiger partial charge in [-0.25, -0.2) is 8.42 Å². The topological polar surface area (TPSA) is 51.2 Å². The lowest BCUT2D eigenvalue weighted by molar-refractivity contribution is -0.116. The zero-order chi connectivity index (χ0) is 11.0. The van der Waals surface area contributed by atoms with Crippen LogP contribution in [0.15, 0.2) is 0 Å². The van der Waals surface area contributed by atoms with Gasteiger partial charge in [-0.2, -0.15) is 11.8 Å². The van der Waals surface area contributed by atoms with Gasteiger partial charge in [0.1, 0.15) is 15.6 Å². The number of Topliss-reactive ketones (excluding diaryl/α,β-unsaturated/α-hetero) is 1. The van der Waals surface area contributed by atoms with Crippen molar-refractivity contribution in [2.45, 2.75) is 26.2 Å². The van der Waals surface area contributed by atoms with Gasteiger partial charge < -0.3 is 0 Å². The molecule has 3 nitrogen and oxygen atoms in total. The molecule has 0 saturated carbocycles. The smallest absolute Gasteiger partial charge is 0.147 e. The molecule has 0 aromatic rings. The summed E-state index contributed by atoms with van der Waals surface area (Å²) < 4.78 is 21.5. The molecule has 0 atom stereocenters. The van der Waals surface area contributed by atoms with E-state index in [4.69, 9.17) is 0 Å². The Hall–Kier alpha value is -0.0300. The van der Waals surface area contributed by atoms with Gasteiger partial charge in [0.25, 0.3) is 0 Å². The van der Waals surface area contributed by atoms with Gasteiger partial charge in [0.2, 0.25) is 0 Å². The molecule has 0 heterocycles. The zero-order valence-electron chi connectivity index (χ0n) is 8.78. The molecular weight excluding hydrogens is 220 g/mol. The second-order valence-corrected chi connectivity index (χ2v) is 6.69. The van der Waals surface area contributed by atoms with Crippen LogP contribution in [0.1, 0.15) is 26.2 Å². The van der Waals surface area contributed by atoms with Gasteiger partial charge >= 0.3 is 0 Å². The average Bonchev–Trinajstić information content (AvgIpc) is 2.02. The lowest BCUT2D eigenvalue weighted by Gasteiger charge is -1.99. The zero-order valence-corrected chi connectivity index (χ0v) is 10.4. The predicted molar refractivity (Wildman–Crippen MR) is 61.6 cm³/mol. The van der Waals surface area contributed by atoms with Gasteiger partial charge in [-0.05, 0) is 18.6 Å². The number of hydrogen-bond donors (Lipinski definition) is 0. The third-order valence-electron chi connectivity index (χ3n) is 1.58. The van der Waals surface area contributed by atoms with Crippen molar-refractivity contribution in [2.24, 2.45) is 0 Å². The van der Waals surface area contributed by atoms with E-state index in [0.29, 0.717) is 18.6 Å². The van der Waals surface area contributed by atoms with Gasteiger partial charge in [-0.1, -0.05) is 6.92 Å². The molecule has 14 heavy (non-hydrogen) atoms. The summed E-state index contributed by atoms with van der Waals surface area (Å²) in [5.74, 6) is 1.80. The molecule has 0 radical (unpaired) electrons. The number of ketones is 1. The summed E-state index contributed by atoms with van der Waals surface area (Å²) >= 11 is 1.62. The number of carbonyl (C=O) groups excluding carboxylic acids is 1. The Morgan fingerprint density at radius 2 is 2.00 bits per heavy atom. The highest BCUT2D eigenvalue weighted by Gasteiger charge is 2.05. The first-order chi connectivity index (χ1) is 6.45. The Bertz CT molecular complexity index is 257. The highest BCUT2D eigenvalue weighted by atomic mass is 32.2. The fourth-order valence-corrected chi connectivity index (χ4v) is 2.41. The molecule has 0 bridgehead atoms. The van der Waals surface area contributed by atoms with Crippen LogP contribution < -0.4 is 0 Å². The first-order valence-corrected chi connectivity index (χ1v) is 7.94. The van der Waals surface area contributed by atoms with Crippen molar-refractivity contribution in [1.82, 2.24) is 0 Å². The third kappa shape index (κ3) is 10.1. The summed E-state index contributed by atoms with van der Waals surface area (Å²) in [5.41, 5.74) is 0. The van der Waals surface area contributed by atoms with Crippen LogP contribution in [-0.4, -0.2) is 37.7 Å². The van der Waals surface area contributed by atoms with Crippen molar-refractivity contribution in [3.8, 4) is 0 Å². The van der Waals surface area contributed by atoms with Crippen molar-refractivity contribution in [2.75, 3.05) is 23.5 Å². The second-order valence-electron chi connectivity index (χ2n) is 3.32. The second kappa shape index (κ2) is 7.29. The molecule has 0 fully saturated rings. The normalized spacial score (nSPS) is 11.6. The van der Waals surface area contributed by atoms with Gasteiger partial charge in [0.15, 0.2) is 0 Å². The maximum Gasteiger partial charge on any atom is 0.147 e. The Balaban J connectivity index is 3.45. The molecule has 0 N–H and O–H groups in total. The summed E-state index contributed by atoms with van der Waals surface area (Å²) in [7, 11) is -2.90. The standard InChI is InChI=1S/C9H18O3S2/c1-3-6-13-8-9(10)5-4-7-14(2,11)12/h3-8H2,1-2H3. The molecule has 84 valence electrons. The van der Waals surface area contributed by atoms with Crippen molar-refractivity contribution < 1.29 is 13.2 Å². The van der Waals surface area contributed by atoms with Crippen LogP contribution in [-0.2, 0) is 14.6 Å². The number of carbonyl (C=O) groups is 1. The minimum absolute atomic E-state index is 0.122. The predicted octanol–water partition coefficient (Wildman–Crippen LogP) is 1.52. The summed E-state index contributed by atoms with van der Waals surface area (Å²) in [6.45, 7) is 2.07. The quantitative estimate of drug-likeness (QED) is 0.602. The molecule has 0 unspecified atom stereocenters. The van der Waals surface area contributed by atoms with Crippen LogP contribution >= 0.6 is 11.8 Å². The summed E-state index contributed by atoms with van der Waals surface area (Å²) in [4.78, 5) is 11.2. The fraction of sp³-hybridized carbons (Fsp3) is 0.889. The lowest BCUT2D eigenvalue weighted by Crippen LogP contribution is -2.07. The molecule has 0 rings (SSSR count). The maximum absolute atomic E-state index is 11.2. The van der Waals surface area contributed by atoms with E-state index in [0.717, 1.165) is 12.2 Å². The van der Waals surface area contributed by atoms with Crippen molar-refractivity contribution in [1.29, 1.82) is 0 Å². The summed E-state index contributed by atoms with van der Waals surface area (Å²) in [6.07, 6.45) is 3.12. The molecule has 5 heteroatoms. The van der Waals surface area contributed by atoms with E-state index in [1.54, 1.807) is 11.8 Å². The maximum atomic E-state index is 11.2. The van der Waals surface area contributed by atoms with E-state index in [9.17, 15) is 13.2 Å². The molecule has 0 amide bonds. The van der Waals surface area contributed by atoms with Crippen molar-refractivity contribution in [3.05, 3.63) is 0 Å². The van der Waals surface area contributed by atoms with Gasteiger partial charge in [0.05, 0.1) is 11.5 Å². The largest absolute Gasteiger partial charge is 0.299 e. The molecule has 0 spiro atoms. The average molecular weight is 238 g/mol. The van der Waals surface area contributed by atoms with Crippen LogP contribution in [0.2, 0.25) is 0 Å². The molecule has 0 aliphatic carbocycles. The van der Waals surface area contributed by atoms with Crippen LogP contribution in [0.25, 0.3) is 0 Å². The number of sulfone groups is 1. The minimum Gasteiger partial charge on any atom is -0.299 e. The van der Waals surface area contributed by atoms with Crippen LogP contribution in [0.5, 0.6) is 0 Å². The lowest BCUT2D eigenvalue weighted by atomic mass is 10.2. The third-order valence-corrected chi connectivity index (χ3v) is 3.84. The van der Waals surface area contributed by atoms with Crippen LogP contribution in [0, 0.1) is 0 Å². The monoisotopic (exact) mass is 238 g/mol. The van der Waals surface area contributed by atoms with E-state index in [2.05, 4.69) is 6.92 Å². The molecule has 0 aliphatic heterocycles. The molecular formula is C9H18O3S2. The Labute approximate surface area is 90.6 Å². The van der Waals surface area contributed by atoms with Crippen LogP contribution in [0.4, 0.5) is 0 Å². The number of thioether (sulfide) groups is 1. The van der Waals surface area contributed by atoms with Gasteiger partial charge in [0, 0.05) is 12.7 Å².